The fourth-order valence-electron chi connectivity index (χ4n) is 9.07. The molecule has 0 aliphatic carbocycles. The number of hydrogen-bond acceptors (Lipinski definition) is 13. The molecule has 5 N–H and O–H groups in total. The third-order valence-corrected chi connectivity index (χ3v) is 13.0. The van der Waals surface area contributed by atoms with Crippen LogP contribution in [0.3, 0.4) is 0 Å². The quantitative estimate of drug-likeness (QED) is 0.197. The van der Waals surface area contributed by atoms with Crippen LogP contribution >= 0.6 is 0 Å². The van der Waals surface area contributed by atoms with Gasteiger partial charge < -0.3 is 44.9 Å². The van der Waals surface area contributed by atoms with Gasteiger partial charge in [0.1, 0.15) is 28.6 Å². The number of piperidine rings is 1. The van der Waals surface area contributed by atoms with E-state index in [9.17, 15) is 34.8 Å². The van der Waals surface area contributed by atoms with Gasteiger partial charge in [-0.3, -0.25) is 24.4 Å². The molecule has 5 aliphatic heterocycles. The van der Waals surface area contributed by atoms with Crippen LogP contribution in [0.4, 0.5) is 5.69 Å². The monoisotopic (exact) mass is 830 g/mol. The maximum atomic E-state index is 14.7. The first-order valence-corrected chi connectivity index (χ1v) is 21.2. The Kier molecular flexibility index (Phi) is 12.6. The lowest BCUT2D eigenvalue weighted by molar-refractivity contribution is -0.158. The van der Waals surface area contributed by atoms with Gasteiger partial charge in [-0.15, -0.1) is 0 Å². The van der Waals surface area contributed by atoms with Gasteiger partial charge in [0.15, 0.2) is 11.4 Å². The van der Waals surface area contributed by atoms with Gasteiger partial charge in [-0.05, 0) is 37.7 Å². The second kappa shape index (κ2) is 16.9. The van der Waals surface area contributed by atoms with Crippen molar-refractivity contribution >= 4 is 34.1 Å². The first kappa shape index (κ1) is 44.8. The minimum Gasteiger partial charge on any atom is -0.507 e. The highest BCUT2D eigenvalue weighted by Gasteiger charge is 2.50. The Bertz CT molecular complexity index is 2280. The summed E-state index contributed by atoms with van der Waals surface area (Å²) in [6, 6.07) is 0. The first-order chi connectivity index (χ1) is 28.1. The van der Waals surface area contributed by atoms with E-state index in [1.165, 1.54) is 20.1 Å². The fourth-order valence-corrected chi connectivity index (χ4v) is 9.07. The maximum Gasteiger partial charge on any atom is 0.312 e. The zero-order valence-electron chi connectivity index (χ0n) is 36.7. The highest BCUT2D eigenvalue weighted by atomic mass is 16.7. The molecule has 5 aliphatic rings. The number of nitrogens with zero attached hydrogens (tertiary/aromatic N) is 3. The van der Waals surface area contributed by atoms with Crippen LogP contribution in [-0.4, -0.2) is 92.4 Å². The minimum atomic E-state index is -1.90. The van der Waals surface area contributed by atoms with E-state index in [1.54, 1.807) is 58.9 Å². The molecule has 5 heterocycles. The number of aliphatic hydroxyl groups is 2. The SMILES string of the molecule is CC(=O)O[C@H]1[C@H](C)[C@H](O)[C@H](C)[C@@H](O)[C@@H](C)/C=C/C=C(/C)C(=O)Nc2c(O)c3c(O)c(C)c4c(c3c3c2=NC2(CCN(CC(C)C)CC2)N=3)C(=O)[C@@](C)(O/C=C/[C@H](C)[C@H]1C)O4. The number of aromatic hydroxyl groups is 2. The molecule has 2 aromatic carbocycles. The van der Waals surface area contributed by atoms with Gasteiger partial charge in [0.2, 0.25) is 0 Å². The molecule has 1 fully saturated rings. The average molecular weight is 831 g/mol. The number of phenolic OH excluding ortho intramolecular Hbond substituents is 2. The Morgan fingerprint density at radius 2 is 1.58 bits per heavy atom. The Labute approximate surface area is 351 Å². The van der Waals surface area contributed by atoms with Crippen molar-refractivity contribution in [1.82, 2.24) is 4.90 Å². The molecule has 7 rings (SSSR count). The molecule has 0 radical (unpaired) electrons. The highest BCUT2D eigenvalue weighted by Crippen LogP contribution is 2.50. The smallest absolute Gasteiger partial charge is 0.312 e. The Morgan fingerprint density at radius 1 is 0.933 bits per heavy atom. The van der Waals surface area contributed by atoms with Crippen molar-refractivity contribution in [2.45, 2.75) is 119 Å². The van der Waals surface area contributed by atoms with Crippen LogP contribution in [0, 0.1) is 42.4 Å². The van der Waals surface area contributed by atoms with Crippen LogP contribution in [0.15, 0.2) is 46.1 Å². The van der Waals surface area contributed by atoms with Gasteiger partial charge in [-0.25, -0.2) is 0 Å². The number of ketones is 1. The number of nitrogens with one attached hydrogen (secondary N) is 1. The number of hydrogen-bond donors (Lipinski definition) is 5. The fraction of sp³-hybridized carbons (Fsp3) is 0.587. The second-order valence-corrected chi connectivity index (χ2v) is 18.1. The molecule has 1 spiro atoms. The summed E-state index contributed by atoms with van der Waals surface area (Å²) in [5, 5.41) is 50.2. The van der Waals surface area contributed by atoms with Crippen molar-refractivity contribution in [2.24, 2.45) is 45.5 Å². The normalized spacial score (nSPS) is 33.0. The molecule has 326 valence electrons. The van der Waals surface area contributed by atoms with E-state index in [4.69, 9.17) is 24.2 Å². The number of phenols is 2. The Hall–Kier alpha value is -4.79. The number of ether oxygens (including phenoxy) is 3. The second-order valence-electron chi connectivity index (χ2n) is 18.1. The Morgan fingerprint density at radius 3 is 2.22 bits per heavy atom. The number of carbonyl (C=O) groups excluding carboxylic acids is 3. The lowest BCUT2D eigenvalue weighted by Crippen LogP contribution is -2.45. The van der Waals surface area contributed by atoms with E-state index < -0.39 is 70.9 Å². The van der Waals surface area contributed by atoms with Crippen LogP contribution in [0.5, 0.6) is 17.2 Å². The van der Waals surface area contributed by atoms with Crippen molar-refractivity contribution in [3.8, 4) is 17.2 Å². The van der Waals surface area contributed by atoms with E-state index in [0.717, 1.165) is 6.54 Å². The van der Waals surface area contributed by atoms with Crippen molar-refractivity contribution in [2.75, 3.05) is 25.0 Å². The molecule has 0 aromatic heterocycles. The summed E-state index contributed by atoms with van der Waals surface area (Å²) >= 11 is 0. The van der Waals surface area contributed by atoms with E-state index in [2.05, 4.69) is 24.1 Å². The maximum absolute atomic E-state index is 14.7. The molecular formula is C46H62N4O10. The molecular weight excluding hydrogens is 769 g/mol. The molecule has 14 nitrogen and oxygen atoms in total. The topological polar surface area (TPSA) is 200 Å². The lowest BCUT2D eigenvalue weighted by atomic mass is 9.77. The van der Waals surface area contributed by atoms with Crippen LogP contribution in [0.25, 0.3) is 10.8 Å². The van der Waals surface area contributed by atoms with Gasteiger partial charge in [-0.2, -0.15) is 0 Å². The summed E-state index contributed by atoms with van der Waals surface area (Å²) in [4.78, 5) is 53.6. The molecule has 14 heteroatoms. The van der Waals surface area contributed by atoms with E-state index in [1.807, 2.05) is 13.8 Å². The number of anilines is 1. The number of fused-ring (bicyclic) bond motifs is 13. The number of rotatable bonds is 3. The van der Waals surface area contributed by atoms with Crippen LogP contribution < -0.4 is 20.8 Å². The first-order valence-electron chi connectivity index (χ1n) is 21.2. The molecule has 9 atom stereocenters. The van der Waals surface area contributed by atoms with Gasteiger partial charge in [0, 0.05) is 80.6 Å². The van der Waals surface area contributed by atoms with Crippen LogP contribution in [0.2, 0.25) is 0 Å². The number of likely N-dealkylation sites (tertiary alicyclic amines) is 1. The van der Waals surface area contributed by atoms with Crippen LogP contribution in [-0.2, 0) is 19.1 Å². The van der Waals surface area contributed by atoms with Crippen molar-refractivity contribution in [3.63, 3.8) is 0 Å². The molecule has 0 saturated carbocycles. The van der Waals surface area contributed by atoms with E-state index >= 15 is 0 Å². The Balaban J connectivity index is 1.53. The van der Waals surface area contributed by atoms with Crippen molar-refractivity contribution in [3.05, 3.63) is 58.0 Å². The summed E-state index contributed by atoms with van der Waals surface area (Å²) < 4.78 is 18.2. The third kappa shape index (κ3) is 8.17. The van der Waals surface area contributed by atoms with E-state index in [-0.39, 0.29) is 67.2 Å². The standard InChI is InChI=1S/C46H62N4O10/c1-22(2)21-50-18-16-46(17-19-50)48-34-31-32-39(54)29(9)42-33(31)43(56)45(11,60-42)58-20-15-23(3)26(6)41(59-30(10)51)28(8)38(53)27(7)37(52)24(4)13-12-14-25(5)44(57)47-36(40(32)55)35(34)49-46/h12-15,20,22-24,26-28,37-38,41,52-55H,16-19,21H2,1-11H3,(H,47,57)/b13-12+,20-15+,25-14-/t23-,24-,26+,27+,28+,37-,38+,41+,45-/m0/s1. The summed E-state index contributed by atoms with van der Waals surface area (Å²) in [7, 11) is 0. The van der Waals surface area contributed by atoms with E-state index in [0.29, 0.717) is 31.8 Å². The molecule has 0 unspecified atom stereocenters. The third-order valence-electron chi connectivity index (χ3n) is 13.0. The summed E-state index contributed by atoms with van der Waals surface area (Å²) in [6.07, 6.45) is 6.32. The van der Waals surface area contributed by atoms with Gasteiger partial charge >= 0.3 is 11.8 Å². The number of aliphatic hydroxyl groups excluding tert-OH is 2. The zero-order chi connectivity index (χ0) is 44.2. The molecule has 1 amide bonds. The highest BCUT2D eigenvalue weighted by molar-refractivity contribution is 6.19. The number of benzene rings is 2. The van der Waals surface area contributed by atoms with Gasteiger partial charge in [-0.1, -0.05) is 66.7 Å². The summed E-state index contributed by atoms with van der Waals surface area (Å²) in [5.41, 5.74) is -0.485. The van der Waals surface area contributed by atoms with Crippen molar-refractivity contribution in [1.29, 1.82) is 0 Å². The molecule has 2 aromatic rings. The molecule has 1 saturated heterocycles. The molecule has 5 bridgehead atoms. The zero-order valence-corrected chi connectivity index (χ0v) is 36.7. The number of Topliss-reactive ketones (excluding diaryl/α,β-unsaturated/α-hetero) is 1. The number of allylic oxidation sites excluding steroid dienone is 3. The van der Waals surface area contributed by atoms with Gasteiger partial charge in [0.05, 0.1) is 34.8 Å². The summed E-state index contributed by atoms with van der Waals surface area (Å²) in [5.74, 6) is -6.18. The lowest BCUT2D eigenvalue weighted by Gasteiger charge is -2.37. The van der Waals surface area contributed by atoms with Crippen molar-refractivity contribution < 1.29 is 49.0 Å². The number of carbonyl (C=O) groups is 3. The van der Waals surface area contributed by atoms with Gasteiger partial charge in [0.25, 0.3) is 11.7 Å². The number of esters is 1. The summed E-state index contributed by atoms with van der Waals surface area (Å²) in [6.45, 7) is 21.7. The predicted octanol–water partition coefficient (Wildman–Crippen LogP) is 5.37. The predicted molar refractivity (Wildman–Crippen MR) is 226 cm³/mol. The largest absolute Gasteiger partial charge is 0.507 e. The average Bonchev–Trinajstić information content (AvgIpc) is 3.69. The molecule has 60 heavy (non-hydrogen) atoms. The minimum absolute atomic E-state index is 0.0437. The van der Waals surface area contributed by atoms with Crippen LogP contribution in [0.1, 0.15) is 98.0 Å². The number of amides is 1.